The van der Waals surface area contributed by atoms with Crippen molar-refractivity contribution in [1.82, 2.24) is 0 Å². The van der Waals surface area contributed by atoms with Crippen LogP contribution in [0.2, 0.25) is 0 Å². The van der Waals surface area contributed by atoms with Crippen molar-refractivity contribution >= 4 is 17.3 Å². The average Bonchev–Trinajstić information content (AvgIpc) is 2.35. The Balaban J connectivity index is 3.05. The molecule has 0 radical (unpaired) electrons. The summed E-state index contributed by atoms with van der Waals surface area (Å²) < 4.78 is 5.21. The number of carboxylic acids is 1. The zero-order valence-corrected chi connectivity index (χ0v) is 11.6. The standard InChI is InChI=1S/C13H18N2O5/c1-4-20-11-7-9(5-6-10(11)15(18)19)14-12(8(2)3)13(16)17/h5-8,12,14H,4H2,1-3H3,(H,16,17)/t12-/m1/s1. The number of nitro groups is 1. The van der Waals surface area contributed by atoms with Crippen LogP contribution >= 0.6 is 0 Å². The highest BCUT2D eigenvalue weighted by Gasteiger charge is 2.22. The number of nitrogens with one attached hydrogen (secondary N) is 1. The SMILES string of the molecule is CCOc1cc(N[C@@H](C(=O)O)C(C)C)ccc1[N+](=O)[O-]. The molecular formula is C13H18N2O5. The second-order valence-corrected chi connectivity index (χ2v) is 4.58. The lowest BCUT2D eigenvalue weighted by Crippen LogP contribution is -2.34. The van der Waals surface area contributed by atoms with Crippen LogP contribution in [0, 0.1) is 16.0 Å². The van der Waals surface area contributed by atoms with E-state index in [1.54, 1.807) is 20.8 Å². The number of benzene rings is 1. The number of hydrogen-bond donors (Lipinski definition) is 2. The lowest BCUT2D eigenvalue weighted by Gasteiger charge is -2.19. The van der Waals surface area contributed by atoms with Gasteiger partial charge in [-0.15, -0.1) is 0 Å². The molecule has 7 heteroatoms. The summed E-state index contributed by atoms with van der Waals surface area (Å²) in [6.07, 6.45) is 0. The molecule has 0 saturated heterocycles. The minimum atomic E-state index is -0.976. The second kappa shape index (κ2) is 6.74. The van der Waals surface area contributed by atoms with E-state index in [1.165, 1.54) is 18.2 Å². The summed E-state index contributed by atoms with van der Waals surface area (Å²) in [5.41, 5.74) is 0.328. The van der Waals surface area contributed by atoms with Gasteiger partial charge in [0.25, 0.3) is 0 Å². The summed E-state index contributed by atoms with van der Waals surface area (Å²) >= 11 is 0. The van der Waals surface area contributed by atoms with E-state index in [4.69, 9.17) is 9.84 Å². The molecule has 0 amide bonds. The zero-order chi connectivity index (χ0) is 15.3. The van der Waals surface area contributed by atoms with Crippen molar-refractivity contribution in [2.75, 3.05) is 11.9 Å². The highest BCUT2D eigenvalue weighted by Crippen LogP contribution is 2.30. The third-order valence-corrected chi connectivity index (χ3v) is 2.71. The van der Waals surface area contributed by atoms with Crippen molar-refractivity contribution in [3.05, 3.63) is 28.3 Å². The number of aliphatic carboxylic acids is 1. The van der Waals surface area contributed by atoms with Gasteiger partial charge in [0.1, 0.15) is 6.04 Å². The van der Waals surface area contributed by atoms with Crippen LogP contribution in [0.25, 0.3) is 0 Å². The fraction of sp³-hybridized carbons (Fsp3) is 0.462. The van der Waals surface area contributed by atoms with Crippen molar-refractivity contribution in [2.24, 2.45) is 5.92 Å². The number of carboxylic acid groups (broad SMARTS) is 1. The van der Waals surface area contributed by atoms with Gasteiger partial charge in [-0.2, -0.15) is 0 Å². The molecule has 0 heterocycles. The summed E-state index contributed by atoms with van der Waals surface area (Å²) in [5.74, 6) is -0.982. The fourth-order valence-corrected chi connectivity index (χ4v) is 1.72. The normalized spacial score (nSPS) is 12.0. The Morgan fingerprint density at radius 1 is 1.50 bits per heavy atom. The van der Waals surface area contributed by atoms with Gasteiger partial charge in [-0.25, -0.2) is 4.79 Å². The van der Waals surface area contributed by atoms with Crippen molar-refractivity contribution < 1.29 is 19.6 Å². The number of anilines is 1. The molecule has 20 heavy (non-hydrogen) atoms. The third-order valence-electron chi connectivity index (χ3n) is 2.71. The molecule has 7 nitrogen and oxygen atoms in total. The average molecular weight is 282 g/mol. The Morgan fingerprint density at radius 3 is 2.60 bits per heavy atom. The molecule has 0 aliphatic carbocycles. The maximum atomic E-state index is 11.1. The summed E-state index contributed by atoms with van der Waals surface area (Å²) in [5, 5.41) is 22.8. The largest absolute Gasteiger partial charge is 0.487 e. The van der Waals surface area contributed by atoms with Crippen LogP contribution in [0.3, 0.4) is 0 Å². The molecule has 0 saturated carbocycles. The quantitative estimate of drug-likeness (QED) is 0.588. The maximum Gasteiger partial charge on any atom is 0.326 e. The molecule has 1 atom stereocenters. The number of nitrogens with zero attached hydrogens (tertiary/aromatic N) is 1. The van der Waals surface area contributed by atoms with Crippen molar-refractivity contribution in [2.45, 2.75) is 26.8 Å². The van der Waals surface area contributed by atoms with Crippen LogP contribution in [-0.2, 0) is 4.79 Å². The van der Waals surface area contributed by atoms with Crippen LogP contribution in [0.5, 0.6) is 5.75 Å². The minimum absolute atomic E-state index is 0.121. The Morgan fingerprint density at radius 2 is 2.15 bits per heavy atom. The van der Waals surface area contributed by atoms with E-state index in [9.17, 15) is 14.9 Å². The van der Waals surface area contributed by atoms with Crippen LogP contribution < -0.4 is 10.1 Å². The molecule has 2 N–H and O–H groups in total. The molecule has 0 aromatic heterocycles. The number of hydrogen-bond acceptors (Lipinski definition) is 5. The molecule has 0 bridgehead atoms. The molecule has 0 aliphatic rings. The first-order valence-electron chi connectivity index (χ1n) is 6.27. The highest BCUT2D eigenvalue weighted by atomic mass is 16.6. The van der Waals surface area contributed by atoms with Gasteiger partial charge in [-0.1, -0.05) is 13.8 Å². The summed E-state index contributed by atoms with van der Waals surface area (Å²) in [6, 6.07) is 3.44. The van der Waals surface area contributed by atoms with Crippen LogP contribution in [0.1, 0.15) is 20.8 Å². The van der Waals surface area contributed by atoms with E-state index in [-0.39, 0.29) is 24.0 Å². The van der Waals surface area contributed by atoms with E-state index in [0.717, 1.165) is 0 Å². The molecule has 1 aromatic rings. The van der Waals surface area contributed by atoms with Gasteiger partial charge in [0.05, 0.1) is 11.5 Å². The van der Waals surface area contributed by atoms with E-state index in [2.05, 4.69) is 5.32 Å². The van der Waals surface area contributed by atoms with Crippen LogP contribution in [0.15, 0.2) is 18.2 Å². The van der Waals surface area contributed by atoms with Gasteiger partial charge in [-0.05, 0) is 18.9 Å². The van der Waals surface area contributed by atoms with Crippen molar-refractivity contribution in [3.8, 4) is 5.75 Å². The molecule has 0 fully saturated rings. The van der Waals surface area contributed by atoms with Gasteiger partial charge in [-0.3, -0.25) is 10.1 Å². The topological polar surface area (TPSA) is 102 Å². The molecule has 110 valence electrons. The van der Waals surface area contributed by atoms with Gasteiger partial charge >= 0.3 is 11.7 Å². The predicted octanol–water partition coefficient (Wildman–Crippen LogP) is 2.51. The van der Waals surface area contributed by atoms with Gasteiger partial charge in [0.2, 0.25) is 0 Å². The van der Waals surface area contributed by atoms with Crippen molar-refractivity contribution in [3.63, 3.8) is 0 Å². The molecule has 0 aliphatic heterocycles. The molecule has 0 unspecified atom stereocenters. The predicted molar refractivity (Wildman–Crippen MR) is 74.1 cm³/mol. The number of nitro benzene ring substituents is 1. The fourth-order valence-electron chi connectivity index (χ4n) is 1.72. The number of rotatable bonds is 7. The van der Waals surface area contributed by atoms with Gasteiger partial charge in [0, 0.05) is 17.8 Å². The third kappa shape index (κ3) is 3.84. The minimum Gasteiger partial charge on any atom is -0.487 e. The summed E-state index contributed by atoms with van der Waals surface area (Å²) in [4.78, 5) is 21.5. The van der Waals surface area contributed by atoms with Crippen molar-refractivity contribution in [1.29, 1.82) is 0 Å². The molecule has 1 aromatic carbocycles. The highest BCUT2D eigenvalue weighted by molar-refractivity contribution is 5.78. The Bertz CT molecular complexity index is 502. The molecule has 0 spiro atoms. The second-order valence-electron chi connectivity index (χ2n) is 4.58. The van der Waals surface area contributed by atoms with E-state index in [0.29, 0.717) is 5.69 Å². The maximum absolute atomic E-state index is 11.1. The zero-order valence-electron chi connectivity index (χ0n) is 11.6. The first kappa shape index (κ1) is 15.7. The lowest BCUT2D eigenvalue weighted by atomic mass is 10.0. The lowest BCUT2D eigenvalue weighted by molar-refractivity contribution is -0.385. The van der Waals surface area contributed by atoms with Gasteiger partial charge in [0.15, 0.2) is 5.75 Å². The number of carbonyl (C=O) groups is 1. The monoisotopic (exact) mass is 282 g/mol. The van der Waals surface area contributed by atoms with Crippen LogP contribution in [0.4, 0.5) is 11.4 Å². The summed E-state index contributed by atoms with van der Waals surface area (Å²) in [6.45, 7) is 5.57. The van der Waals surface area contributed by atoms with Crippen LogP contribution in [-0.4, -0.2) is 28.6 Å². The Labute approximate surface area is 116 Å². The molecule has 1 rings (SSSR count). The number of ether oxygens (including phenoxy) is 1. The smallest absolute Gasteiger partial charge is 0.326 e. The van der Waals surface area contributed by atoms with E-state index < -0.39 is 16.9 Å². The molecular weight excluding hydrogens is 264 g/mol. The van der Waals surface area contributed by atoms with Gasteiger partial charge < -0.3 is 15.2 Å². The first-order valence-corrected chi connectivity index (χ1v) is 6.27. The Kier molecular flexibility index (Phi) is 5.31. The van der Waals surface area contributed by atoms with E-state index >= 15 is 0 Å². The summed E-state index contributed by atoms with van der Waals surface area (Å²) in [7, 11) is 0. The Hall–Kier alpha value is -2.31. The van der Waals surface area contributed by atoms with E-state index in [1.807, 2.05) is 0 Å². The first-order chi connectivity index (χ1) is 9.36.